The van der Waals surface area contributed by atoms with Crippen LogP contribution >= 0.6 is 11.3 Å². The minimum absolute atomic E-state index is 0.438. The Bertz CT molecular complexity index is 478. The molecule has 0 amide bonds. The molecule has 0 fully saturated rings. The maximum Gasteiger partial charge on any atom is 0.188 e. The number of aromatic nitrogens is 2. The predicted octanol–water partition coefficient (Wildman–Crippen LogP) is 2.99. The summed E-state index contributed by atoms with van der Waals surface area (Å²) in [4.78, 5) is 8.62. The summed E-state index contributed by atoms with van der Waals surface area (Å²) in [5, 5.41) is 5.99. The van der Waals surface area contributed by atoms with E-state index in [2.05, 4.69) is 29.1 Å². The molecule has 0 aliphatic heterocycles. The summed E-state index contributed by atoms with van der Waals surface area (Å²) in [5.74, 6) is 1.10. The maximum absolute atomic E-state index is 5.79. The van der Waals surface area contributed by atoms with Crippen molar-refractivity contribution in [2.45, 2.75) is 19.8 Å². The minimum atomic E-state index is 0.438. The number of thiazole rings is 1. The van der Waals surface area contributed by atoms with Crippen molar-refractivity contribution >= 4 is 28.0 Å². The third-order valence-corrected chi connectivity index (χ3v) is 2.95. The van der Waals surface area contributed by atoms with Gasteiger partial charge in [-0.1, -0.05) is 13.8 Å². The molecule has 16 heavy (non-hydrogen) atoms. The normalized spacial score (nSPS) is 10.7. The van der Waals surface area contributed by atoms with Crippen LogP contribution in [0, 0.1) is 0 Å². The molecule has 0 saturated heterocycles. The van der Waals surface area contributed by atoms with Crippen LogP contribution in [0.4, 0.5) is 16.6 Å². The van der Waals surface area contributed by atoms with Crippen molar-refractivity contribution < 1.29 is 0 Å². The smallest absolute Gasteiger partial charge is 0.188 e. The van der Waals surface area contributed by atoms with Crippen LogP contribution < -0.4 is 11.1 Å². The monoisotopic (exact) mass is 234 g/mol. The zero-order valence-corrected chi connectivity index (χ0v) is 10.1. The molecule has 0 aromatic carbocycles. The molecule has 84 valence electrons. The quantitative estimate of drug-likeness (QED) is 0.857. The Kier molecular flexibility index (Phi) is 3.05. The van der Waals surface area contributed by atoms with Crippen molar-refractivity contribution in [3.8, 4) is 0 Å². The lowest BCUT2D eigenvalue weighted by Crippen LogP contribution is -1.98. The molecule has 2 aromatic heterocycles. The van der Waals surface area contributed by atoms with Gasteiger partial charge < -0.3 is 11.1 Å². The highest BCUT2D eigenvalue weighted by molar-refractivity contribution is 7.13. The topological polar surface area (TPSA) is 63.8 Å². The van der Waals surface area contributed by atoms with Crippen LogP contribution in [0.25, 0.3) is 0 Å². The highest BCUT2D eigenvalue weighted by Gasteiger charge is 2.07. The lowest BCUT2D eigenvalue weighted by Gasteiger charge is -2.04. The number of nitrogens with zero attached hydrogens (tertiary/aromatic N) is 2. The second-order valence-corrected chi connectivity index (χ2v) is 4.66. The van der Waals surface area contributed by atoms with E-state index in [1.165, 1.54) is 0 Å². The molecule has 0 aliphatic rings. The van der Waals surface area contributed by atoms with Gasteiger partial charge in [0.15, 0.2) is 10.9 Å². The SMILES string of the molecule is CC(C)c1csc(Nc2ncccc2N)n1. The lowest BCUT2D eigenvalue weighted by molar-refractivity contribution is 0.834. The molecule has 5 heteroatoms. The minimum Gasteiger partial charge on any atom is -0.396 e. The highest BCUT2D eigenvalue weighted by Crippen LogP contribution is 2.25. The van der Waals surface area contributed by atoms with Gasteiger partial charge in [0.05, 0.1) is 11.4 Å². The molecule has 0 spiro atoms. The Morgan fingerprint density at radius 1 is 1.44 bits per heavy atom. The second-order valence-electron chi connectivity index (χ2n) is 3.80. The van der Waals surface area contributed by atoms with E-state index in [1.807, 2.05) is 17.5 Å². The van der Waals surface area contributed by atoms with E-state index in [4.69, 9.17) is 5.73 Å². The molecule has 0 radical (unpaired) electrons. The average Bonchev–Trinajstić information content (AvgIpc) is 2.70. The number of nitrogens with one attached hydrogen (secondary N) is 1. The van der Waals surface area contributed by atoms with E-state index in [-0.39, 0.29) is 0 Å². The average molecular weight is 234 g/mol. The van der Waals surface area contributed by atoms with E-state index in [9.17, 15) is 0 Å². The van der Waals surface area contributed by atoms with Crippen LogP contribution in [-0.4, -0.2) is 9.97 Å². The summed E-state index contributed by atoms with van der Waals surface area (Å²) in [6.45, 7) is 4.24. The van der Waals surface area contributed by atoms with Gasteiger partial charge in [-0.05, 0) is 18.1 Å². The molecule has 2 heterocycles. The first-order valence-corrected chi connectivity index (χ1v) is 5.97. The van der Waals surface area contributed by atoms with Crippen molar-refractivity contribution in [3.05, 3.63) is 29.4 Å². The molecule has 0 unspecified atom stereocenters. The summed E-state index contributed by atoms with van der Waals surface area (Å²) in [6.07, 6.45) is 1.70. The Morgan fingerprint density at radius 2 is 2.25 bits per heavy atom. The Labute approximate surface area is 98.6 Å². The fourth-order valence-corrected chi connectivity index (χ4v) is 2.10. The largest absolute Gasteiger partial charge is 0.396 e. The third-order valence-electron chi connectivity index (χ3n) is 2.18. The number of nitrogens with two attached hydrogens (primary N) is 1. The summed E-state index contributed by atoms with van der Waals surface area (Å²) in [5.41, 5.74) is 7.50. The van der Waals surface area contributed by atoms with Crippen LogP contribution in [-0.2, 0) is 0 Å². The third kappa shape index (κ3) is 2.30. The van der Waals surface area contributed by atoms with Gasteiger partial charge in [0.1, 0.15) is 0 Å². The van der Waals surface area contributed by atoms with E-state index in [0.717, 1.165) is 10.8 Å². The van der Waals surface area contributed by atoms with E-state index < -0.39 is 0 Å². The molecule has 0 saturated carbocycles. The fraction of sp³-hybridized carbons (Fsp3) is 0.273. The molecule has 0 aliphatic carbocycles. The van der Waals surface area contributed by atoms with Crippen LogP contribution in [0.15, 0.2) is 23.7 Å². The first kappa shape index (κ1) is 10.9. The van der Waals surface area contributed by atoms with Gasteiger partial charge in [0.2, 0.25) is 0 Å². The molecule has 4 nitrogen and oxygen atoms in total. The van der Waals surface area contributed by atoms with Gasteiger partial charge in [0.25, 0.3) is 0 Å². The first-order valence-electron chi connectivity index (χ1n) is 5.09. The summed E-state index contributed by atoms with van der Waals surface area (Å²) in [7, 11) is 0. The van der Waals surface area contributed by atoms with Crippen LogP contribution in [0.3, 0.4) is 0 Å². The van der Waals surface area contributed by atoms with Gasteiger partial charge in [-0.15, -0.1) is 11.3 Å². The lowest BCUT2D eigenvalue weighted by atomic mass is 10.2. The first-order chi connectivity index (χ1) is 7.66. The van der Waals surface area contributed by atoms with E-state index in [0.29, 0.717) is 17.4 Å². The molecule has 2 rings (SSSR count). The standard InChI is InChI=1S/C11H14N4S/c1-7(2)9-6-16-11(14-9)15-10-8(12)4-3-5-13-10/h3-7H,12H2,1-2H3,(H,13,14,15). The Morgan fingerprint density at radius 3 is 2.88 bits per heavy atom. The number of anilines is 3. The number of nitrogen functional groups attached to an aromatic ring is 1. The Balaban J connectivity index is 2.18. The summed E-state index contributed by atoms with van der Waals surface area (Å²) < 4.78 is 0. The predicted molar refractivity (Wildman–Crippen MR) is 68.1 cm³/mol. The molecule has 0 bridgehead atoms. The van der Waals surface area contributed by atoms with Gasteiger partial charge in [-0.3, -0.25) is 0 Å². The number of pyridine rings is 1. The zero-order chi connectivity index (χ0) is 11.5. The van der Waals surface area contributed by atoms with Crippen molar-refractivity contribution in [2.24, 2.45) is 0 Å². The zero-order valence-electron chi connectivity index (χ0n) is 9.27. The van der Waals surface area contributed by atoms with Crippen molar-refractivity contribution in [1.82, 2.24) is 9.97 Å². The molecule has 0 atom stereocenters. The van der Waals surface area contributed by atoms with Crippen LogP contribution in [0.2, 0.25) is 0 Å². The van der Waals surface area contributed by atoms with E-state index >= 15 is 0 Å². The van der Waals surface area contributed by atoms with Gasteiger partial charge >= 0.3 is 0 Å². The number of rotatable bonds is 3. The molecular weight excluding hydrogens is 220 g/mol. The highest BCUT2D eigenvalue weighted by atomic mass is 32.1. The molecular formula is C11H14N4S. The fourth-order valence-electron chi connectivity index (χ4n) is 1.23. The van der Waals surface area contributed by atoms with Crippen molar-refractivity contribution in [2.75, 3.05) is 11.1 Å². The van der Waals surface area contributed by atoms with Crippen molar-refractivity contribution in [1.29, 1.82) is 0 Å². The van der Waals surface area contributed by atoms with Crippen LogP contribution in [0.1, 0.15) is 25.5 Å². The summed E-state index contributed by atoms with van der Waals surface area (Å²) >= 11 is 1.56. The van der Waals surface area contributed by atoms with Gasteiger partial charge in [0, 0.05) is 11.6 Å². The molecule has 3 N–H and O–H groups in total. The maximum atomic E-state index is 5.79. The van der Waals surface area contributed by atoms with Gasteiger partial charge in [-0.2, -0.15) is 0 Å². The second kappa shape index (κ2) is 4.49. The Hall–Kier alpha value is -1.62. The number of hydrogen-bond acceptors (Lipinski definition) is 5. The van der Waals surface area contributed by atoms with Crippen molar-refractivity contribution in [3.63, 3.8) is 0 Å². The molecule has 2 aromatic rings. The summed E-state index contributed by atoms with van der Waals surface area (Å²) in [6, 6.07) is 3.62. The van der Waals surface area contributed by atoms with Gasteiger partial charge in [-0.25, -0.2) is 9.97 Å². The number of hydrogen-bond donors (Lipinski definition) is 2. The van der Waals surface area contributed by atoms with E-state index in [1.54, 1.807) is 17.5 Å². The van der Waals surface area contributed by atoms with Crippen LogP contribution in [0.5, 0.6) is 0 Å².